The van der Waals surface area contributed by atoms with Gasteiger partial charge in [-0.3, -0.25) is 4.79 Å². The van der Waals surface area contributed by atoms with Crippen molar-refractivity contribution in [1.82, 2.24) is 4.90 Å². The Morgan fingerprint density at radius 2 is 1.77 bits per heavy atom. The normalized spacial score (nSPS) is 19.2. The second-order valence-corrected chi connectivity index (χ2v) is 10.4. The highest BCUT2D eigenvalue weighted by molar-refractivity contribution is 5.70. The zero-order valence-corrected chi connectivity index (χ0v) is 19.6. The number of ether oxygens (including phenoxy) is 2. The second-order valence-electron chi connectivity index (χ2n) is 10.4. The lowest BCUT2D eigenvalue weighted by atomic mass is 9.85. The monoisotopic (exact) mass is 435 g/mol. The van der Waals surface area contributed by atoms with E-state index < -0.39 is 23.5 Å². The highest BCUT2D eigenvalue weighted by Gasteiger charge is 2.38. The van der Waals surface area contributed by atoms with Crippen molar-refractivity contribution in [2.24, 2.45) is 11.8 Å². The summed E-state index contributed by atoms with van der Waals surface area (Å²) in [5.41, 5.74) is 0.577. The lowest BCUT2D eigenvalue weighted by Gasteiger charge is -2.33. The molecule has 0 saturated carbocycles. The number of likely N-dealkylation sites (tertiary alicyclic amines) is 1. The Balaban J connectivity index is 2.18. The highest BCUT2D eigenvalue weighted by Crippen LogP contribution is 2.32. The molecule has 0 unspecified atom stereocenters. The molecule has 1 aliphatic heterocycles. The summed E-state index contributed by atoms with van der Waals surface area (Å²) in [6.07, 6.45) is -0.133. The molecule has 2 rings (SSSR count). The zero-order valence-electron chi connectivity index (χ0n) is 19.6. The molecule has 1 aromatic carbocycles. The van der Waals surface area contributed by atoms with Gasteiger partial charge in [0, 0.05) is 19.0 Å². The summed E-state index contributed by atoms with van der Waals surface area (Å²) in [6.45, 7) is 12.2. The second kappa shape index (κ2) is 10.0. The molecule has 174 valence electrons. The summed E-state index contributed by atoms with van der Waals surface area (Å²) in [7, 11) is 0. The van der Waals surface area contributed by atoms with Crippen LogP contribution in [0.3, 0.4) is 0 Å². The molecule has 1 fully saturated rings. The minimum Gasteiger partial charge on any atom is -0.481 e. The van der Waals surface area contributed by atoms with Crippen LogP contribution in [0.15, 0.2) is 24.3 Å². The van der Waals surface area contributed by atoms with Crippen molar-refractivity contribution in [3.05, 3.63) is 35.4 Å². The van der Waals surface area contributed by atoms with Gasteiger partial charge in [-0.25, -0.2) is 4.79 Å². The molecule has 1 saturated heterocycles. The van der Waals surface area contributed by atoms with E-state index in [0.29, 0.717) is 19.5 Å². The number of hydrogen-bond acceptors (Lipinski definition) is 5. The topological polar surface area (TPSA) is 96.3 Å². The van der Waals surface area contributed by atoms with Crippen LogP contribution in [-0.4, -0.2) is 57.8 Å². The molecule has 2 N–H and O–H groups in total. The maximum absolute atomic E-state index is 12.5. The van der Waals surface area contributed by atoms with Crippen LogP contribution in [0.25, 0.3) is 0 Å². The molecule has 1 heterocycles. The van der Waals surface area contributed by atoms with Gasteiger partial charge in [0.05, 0.1) is 12.0 Å². The number of rotatable bonds is 7. The van der Waals surface area contributed by atoms with Crippen LogP contribution in [0.4, 0.5) is 4.79 Å². The smallest absolute Gasteiger partial charge is 0.410 e. The van der Waals surface area contributed by atoms with E-state index in [-0.39, 0.29) is 24.3 Å². The molecule has 3 atom stereocenters. The third-order valence-corrected chi connectivity index (χ3v) is 5.14. The number of nitrogens with zero attached hydrogens (tertiary/aromatic N) is 1. The van der Waals surface area contributed by atoms with Gasteiger partial charge in [0.1, 0.15) is 5.60 Å². The van der Waals surface area contributed by atoms with E-state index in [2.05, 4.69) is 0 Å². The van der Waals surface area contributed by atoms with E-state index in [9.17, 15) is 14.7 Å². The number of carboxylic acid groups (broad SMARTS) is 1. The molecule has 1 aliphatic rings. The fourth-order valence-electron chi connectivity index (χ4n) is 3.89. The summed E-state index contributed by atoms with van der Waals surface area (Å²) in [5, 5.41) is 20.0. The summed E-state index contributed by atoms with van der Waals surface area (Å²) in [5.74, 6) is -1.09. The van der Waals surface area contributed by atoms with Gasteiger partial charge >= 0.3 is 12.1 Å². The first kappa shape index (κ1) is 25.1. The Hall–Kier alpha value is -2.12. The van der Waals surface area contributed by atoms with Gasteiger partial charge in [-0.05, 0) is 71.4 Å². The van der Waals surface area contributed by atoms with Crippen molar-refractivity contribution < 1.29 is 29.3 Å². The van der Waals surface area contributed by atoms with Crippen LogP contribution in [-0.2, 0) is 27.1 Å². The Labute approximate surface area is 185 Å². The lowest BCUT2D eigenvalue weighted by Crippen LogP contribution is -2.40. The van der Waals surface area contributed by atoms with Gasteiger partial charge in [0.2, 0.25) is 0 Å². The van der Waals surface area contributed by atoms with Crippen LogP contribution in [0.2, 0.25) is 0 Å². The fourth-order valence-corrected chi connectivity index (χ4v) is 3.89. The minimum absolute atomic E-state index is 0.0352. The molecule has 7 heteroatoms. The van der Waals surface area contributed by atoms with Gasteiger partial charge in [0.15, 0.2) is 6.29 Å². The third-order valence-electron chi connectivity index (χ3n) is 5.14. The first-order chi connectivity index (χ1) is 14.2. The predicted octanol–water partition coefficient (Wildman–Crippen LogP) is 3.86. The Bertz CT molecular complexity index is 764. The number of aliphatic hydroxyl groups excluding tert-OH is 1. The van der Waals surface area contributed by atoms with Crippen LogP contribution >= 0.6 is 0 Å². The highest BCUT2D eigenvalue weighted by atomic mass is 16.6. The molecule has 0 aliphatic carbocycles. The zero-order chi connectivity index (χ0) is 23.4. The van der Waals surface area contributed by atoms with Crippen LogP contribution < -0.4 is 0 Å². The Morgan fingerprint density at radius 3 is 2.35 bits per heavy atom. The maximum Gasteiger partial charge on any atom is 0.410 e. The number of aliphatic hydroxyl groups is 1. The molecule has 0 radical (unpaired) electrons. The van der Waals surface area contributed by atoms with E-state index in [1.165, 1.54) is 0 Å². The van der Waals surface area contributed by atoms with Crippen LogP contribution in [0.1, 0.15) is 59.1 Å². The Morgan fingerprint density at radius 1 is 1.13 bits per heavy atom. The molecule has 0 spiro atoms. The first-order valence-corrected chi connectivity index (χ1v) is 10.9. The first-order valence-electron chi connectivity index (χ1n) is 10.9. The van der Waals surface area contributed by atoms with Crippen molar-refractivity contribution in [3.63, 3.8) is 0 Å². The Kier molecular flexibility index (Phi) is 8.11. The molecular weight excluding hydrogens is 398 g/mol. The quantitative estimate of drug-likeness (QED) is 0.632. The minimum atomic E-state index is -1.01. The van der Waals surface area contributed by atoms with Gasteiger partial charge in [-0.1, -0.05) is 24.3 Å². The number of amides is 1. The van der Waals surface area contributed by atoms with E-state index in [0.717, 1.165) is 17.5 Å². The third kappa shape index (κ3) is 8.50. The molecule has 0 aromatic heterocycles. The van der Waals surface area contributed by atoms with Gasteiger partial charge < -0.3 is 24.6 Å². The number of carbonyl (C=O) groups is 2. The molecule has 1 amide bonds. The van der Waals surface area contributed by atoms with Crippen LogP contribution in [0.5, 0.6) is 0 Å². The lowest BCUT2D eigenvalue weighted by molar-refractivity contribution is -0.199. The largest absolute Gasteiger partial charge is 0.481 e. The van der Waals surface area contributed by atoms with Crippen LogP contribution in [0, 0.1) is 11.8 Å². The summed E-state index contributed by atoms with van der Waals surface area (Å²) >= 11 is 0. The van der Waals surface area contributed by atoms with Gasteiger partial charge in [-0.2, -0.15) is 0 Å². The van der Waals surface area contributed by atoms with E-state index in [1.54, 1.807) is 11.0 Å². The summed E-state index contributed by atoms with van der Waals surface area (Å²) in [4.78, 5) is 25.2. The van der Waals surface area contributed by atoms with Crippen molar-refractivity contribution in [2.75, 3.05) is 13.1 Å². The molecule has 31 heavy (non-hydrogen) atoms. The number of benzene rings is 1. The van der Waals surface area contributed by atoms with Gasteiger partial charge in [0.25, 0.3) is 0 Å². The van der Waals surface area contributed by atoms with E-state index >= 15 is 0 Å². The van der Waals surface area contributed by atoms with Crippen molar-refractivity contribution in [3.8, 4) is 0 Å². The maximum atomic E-state index is 12.5. The standard InChI is InChI=1S/C24H37NO6/c1-23(2,3)30-21(28)19(13-16-8-7-9-17(12-16)14-20(26)27)18-10-11-25(15-18)22(29)31-24(4,5)6/h7-9,12,18-19,21,28H,10-11,13-15H2,1-6H3,(H,26,27)/t18-,19-,21-/m0/s1. The fraction of sp³-hybridized carbons (Fsp3) is 0.667. The number of carboxylic acids is 1. The average Bonchev–Trinajstić information content (AvgIpc) is 3.06. The van der Waals surface area contributed by atoms with Crippen molar-refractivity contribution in [2.45, 2.75) is 78.3 Å². The van der Waals surface area contributed by atoms with Crippen molar-refractivity contribution >= 4 is 12.1 Å². The molecular formula is C24H37NO6. The van der Waals surface area contributed by atoms with Gasteiger partial charge in [-0.15, -0.1) is 0 Å². The van der Waals surface area contributed by atoms with E-state index in [4.69, 9.17) is 14.6 Å². The average molecular weight is 436 g/mol. The molecule has 1 aromatic rings. The van der Waals surface area contributed by atoms with Crippen molar-refractivity contribution in [1.29, 1.82) is 0 Å². The number of hydrogen-bond donors (Lipinski definition) is 2. The predicted molar refractivity (Wildman–Crippen MR) is 118 cm³/mol. The number of aliphatic carboxylic acids is 1. The summed E-state index contributed by atoms with van der Waals surface area (Å²) < 4.78 is 11.4. The SMILES string of the molecule is CC(C)(C)OC(=O)N1CC[C@H]([C@H](Cc2cccc(CC(=O)O)c2)[C@@H](O)OC(C)(C)C)C1. The molecule has 7 nitrogen and oxygen atoms in total. The van der Waals surface area contributed by atoms with E-state index in [1.807, 2.05) is 59.7 Å². The summed E-state index contributed by atoms with van der Waals surface area (Å²) in [6, 6.07) is 7.42. The molecule has 0 bridgehead atoms. The number of carbonyl (C=O) groups excluding carboxylic acids is 1.